The molecule has 3 nitrogen and oxygen atoms in total. The molecule has 0 N–H and O–H groups in total. The van der Waals surface area contributed by atoms with E-state index in [9.17, 15) is 9.59 Å². The van der Waals surface area contributed by atoms with Crippen LogP contribution >= 0.6 is 0 Å². The average molecular weight is 262 g/mol. The summed E-state index contributed by atoms with van der Waals surface area (Å²) in [6, 6.07) is 7.26. The normalized spacial score (nSPS) is 11.5. The van der Waals surface area contributed by atoms with E-state index in [1.807, 2.05) is 32.9 Å². The van der Waals surface area contributed by atoms with Crippen LogP contribution in [-0.4, -0.2) is 11.8 Å². The van der Waals surface area contributed by atoms with Crippen LogP contribution in [0.4, 0.5) is 0 Å². The zero-order valence-corrected chi connectivity index (χ0v) is 12.3. The Kier molecular flexibility index (Phi) is 4.87. The van der Waals surface area contributed by atoms with E-state index in [1.165, 1.54) is 0 Å². The Morgan fingerprint density at radius 2 is 1.84 bits per heavy atom. The second kappa shape index (κ2) is 6.00. The first-order valence-electron chi connectivity index (χ1n) is 6.52. The largest absolute Gasteiger partial charge is 0.461 e. The van der Waals surface area contributed by atoms with Crippen molar-refractivity contribution in [2.75, 3.05) is 0 Å². The van der Waals surface area contributed by atoms with Gasteiger partial charge in [0.25, 0.3) is 0 Å². The number of benzene rings is 1. The lowest BCUT2D eigenvalue weighted by molar-refractivity contribution is -0.148. The number of carbonyl (C=O) groups excluding carboxylic acids is 2. The van der Waals surface area contributed by atoms with Crippen LogP contribution in [0.25, 0.3) is 0 Å². The molecule has 0 saturated carbocycles. The molecule has 1 aromatic rings. The maximum atomic E-state index is 12.2. The zero-order valence-electron chi connectivity index (χ0n) is 12.3. The van der Waals surface area contributed by atoms with E-state index in [1.54, 1.807) is 26.0 Å². The number of Topliss-reactive ketones (excluding diaryl/α,β-unsaturated/α-hetero) is 1. The number of hydrogen-bond donors (Lipinski definition) is 0. The summed E-state index contributed by atoms with van der Waals surface area (Å²) >= 11 is 0. The van der Waals surface area contributed by atoms with Crippen LogP contribution in [0.15, 0.2) is 24.3 Å². The summed E-state index contributed by atoms with van der Waals surface area (Å²) in [4.78, 5) is 23.6. The minimum absolute atomic E-state index is 0.0875. The minimum Gasteiger partial charge on any atom is -0.461 e. The van der Waals surface area contributed by atoms with E-state index in [0.717, 1.165) is 5.56 Å². The van der Waals surface area contributed by atoms with Gasteiger partial charge in [0.1, 0.15) is 6.61 Å². The molecule has 0 unspecified atom stereocenters. The quantitative estimate of drug-likeness (QED) is 0.615. The zero-order chi connectivity index (χ0) is 14.6. The molecule has 3 heteroatoms. The number of ether oxygens (including phenoxy) is 1. The summed E-state index contributed by atoms with van der Waals surface area (Å²) < 4.78 is 5.16. The molecule has 0 bridgehead atoms. The van der Waals surface area contributed by atoms with Gasteiger partial charge in [-0.05, 0) is 11.6 Å². The molecule has 0 radical (unpaired) electrons. The summed E-state index contributed by atoms with van der Waals surface area (Å²) in [6.07, 6.45) is 0. The molecule has 1 aromatic carbocycles. The van der Waals surface area contributed by atoms with Gasteiger partial charge in [-0.3, -0.25) is 9.59 Å². The van der Waals surface area contributed by atoms with E-state index >= 15 is 0 Å². The predicted octanol–water partition coefficient (Wildman–Crippen LogP) is 3.61. The topological polar surface area (TPSA) is 43.4 Å². The highest BCUT2D eigenvalue weighted by atomic mass is 16.5. The lowest BCUT2D eigenvalue weighted by atomic mass is 9.86. The second-order valence-electron chi connectivity index (χ2n) is 6.04. The third-order valence-electron chi connectivity index (χ3n) is 2.72. The van der Waals surface area contributed by atoms with Crippen LogP contribution in [0.1, 0.15) is 50.5 Å². The van der Waals surface area contributed by atoms with E-state index in [2.05, 4.69) is 0 Å². The number of rotatable bonds is 4. The molecule has 1 rings (SSSR count). The summed E-state index contributed by atoms with van der Waals surface area (Å²) in [6.45, 7) is 9.47. The lowest BCUT2D eigenvalue weighted by Gasteiger charge is -2.17. The Bertz CT molecular complexity index is 467. The highest BCUT2D eigenvalue weighted by Crippen LogP contribution is 2.21. The van der Waals surface area contributed by atoms with E-state index in [-0.39, 0.29) is 24.3 Å². The van der Waals surface area contributed by atoms with Crippen molar-refractivity contribution in [2.24, 2.45) is 11.3 Å². The minimum atomic E-state index is -0.409. The van der Waals surface area contributed by atoms with Crippen molar-refractivity contribution < 1.29 is 14.3 Å². The van der Waals surface area contributed by atoms with Crippen LogP contribution < -0.4 is 0 Å². The fourth-order valence-electron chi connectivity index (χ4n) is 1.56. The standard InChI is InChI=1S/C16H22O3/c1-11(2)15(18)19-10-12-7-6-8-13(9-12)14(17)16(3,4)5/h6-9,11H,10H2,1-5H3. The van der Waals surface area contributed by atoms with Crippen molar-refractivity contribution in [3.63, 3.8) is 0 Å². The fraction of sp³-hybridized carbons (Fsp3) is 0.500. The highest BCUT2D eigenvalue weighted by Gasteiger charge is 2.22. The van der Waals surface area contributed by atoms with Gasteiger partial charge in [0.2, 0.25) is 0 Å². The SMILES string of the molecule is CC(C)C(=O)OCc1cccc(C(=O)C(C)(C)C)c1. The van der Waals surface area contributed by atoms with Crippen molar-refractivity contribution >= 4 is 11.8 Å². The average Bonchev–Trinajstić information content (AvgIpc) is 2.34. The fourth-order valence-corrected chi connectivity index (χ4v) is 1.56. The van der Waals surface area contributed by atoms with Crippen LogP contribution in [0.2, 0.25) is 0 Å². The molecule has 0 amide bonds. The van der Waals surface area contributed by atoms with Gasteiger partial charge in [0.05, 0.1) is 5.92 Å². The first-order chi connectivity index (χ1) is 8.71. The van der Waals surface area contributed by atoms with E-state index in [4.69, 9.17) is 4.74 Å². The molecule has 19 heavy (non-hydrogen) atoms. The first kappa shape index (κ1) is 15.4. The highest BCUT2D eigenvalue weighted by molar-refractivity contribution is 5.99. The summed E-state index contributed by atoms with van der Waals surface area (Å²) in [5, 5.41) is 0. The van der Waals surface area contributed by atoms with E-state index in [0.29, 0.717) is 5.56 Å². The lowest BCUT2D eigenvalue weighted by Crippen LogP contribution is -2.20. The first-order valence-corrected chi connectivity index (χ1v) is 6.52. The molecule has 0 saturated heterocycles. The number of carbonyl (C=O) groups is 2. The molecule has 0 heterocycles. The molecular formula is C16H22O3. The van der Waals surface area contributed by atoms with Gasteiger partial charge in [-0.25, -0.2) is 0 Å². The molecule has 0 atom stereocenters. The molecule has 0 spiro atoms. The summed E-state index contributed by atoms with van der Waals surface area (Å²) in [5.74, 6) is -0.281. The van der Waals surface area contributed by atoms with Gasteiger partial charge in [-0.15, -0.1) is 0 Å². The smallest absolute Gasteiger partial charge is 0.308 e. The molecule has 0 aliphatic carbocycles. The van der Waals surface area contributed by atoms with Crippen LogP contribution in [0.5, 0.6) is 0 Å². The summed E-state index contributed by atoms with van der Waals surface area (Å²) in [5.41, 5.74) is 1.09. The second-order valence-corrected chi connectivity index (χ2v) is 6.04. The van der Waals surface area contributed by atoms with Crippen LogP contribution in [0.3, 0.4) is 0 Å². The van der Waals surface area contributed by atoms with Crippen LogP contribution in [-0.2, 0) is 16.1 Å². The Hall–Kier alpha value is -1.64. The molecule has 0 aromatic heterocycles. The predicted molar refractivity (Wildman–Crippen MR) is 74.9 cm³/mol. The van der Waals surface area contributed by atoms with Gasteiger partial charge in [0.15, 0.2) is 5.78 Å². The Labute approximate surface area is 115 Å². The van der Waals surface area contributed by atoms with Crippen molar-refractivity contribution in [3.05, 3.63) is 35.4 Å². The van der Waals surface area contributed by atoms with Crippen molar-refractivity contribution in [1.82, 2.24) is 0 Å². The third kappa shape index (κ3) is 4.51. The summed E-state index contributed by atoms with van der Waals surface area (Å²) in [7, 11) is 0. The van der Waals surface area contributed by atoms with E-state index < -0.39 is 5.41 Å². The van der Waals surface area contributed by atoms with Crippen LogP contribution in [0, 0.1) is 11.3 Å². The number of esters is 1. The number of ketones is 1. The van der Waals surface area contributed by atoms with Crippen molar-refractivity contribution in [1.29, 1.82) is 0 Å². The molecule has 104 valence electrons. The Balaban J connectivity index is 2.78. The monoisotopic (exact) mass is 262 g/mol. The molecule has 0 aliphatic heterocycles. The molecule has 0 aliphatic rings. The number of hydrogen-bond acceptors (Lipinski definition) is 3. The van der Waals surface area contributed by atoms with Gasteiger partial charge < -0.3 is 4.74 Å². The maximum absolute atomic E-state index is 12.2. The van der Waals surface area contributed by atoms with Gasteiger partial charge in [0, 0.05) is 11.0 Å². The third-order valence-corrected chi connectivity index (χ3v) is 2.72. The van der Waals surface area contributed by atoms with Gasteiger partial charge >= 0.3 is 5.97 Å². The van der Waals surface area contributed by atoms with Gasteiger partial charge in [-0.1, -0.05) is 52.8 Å². The Morgan fingerprint density at radius 3 is 2.37 bits per heavy atom. The molecule has 0 fully saturated rings. The molecular weight excluding hydrogens is 240 g/mol. The Morgan fingerprint density at radius 1 is 1.21 bits per heavy atom. The van der Waals surface area contributed by atoms with Crippen molar-refractivity contribution in [3.8, 4) is 0 Å². The maximum Gasteiger partial charge on any atom is 0.308 e. The van der Waals surface area contributed by atoms with Crippen molar-refractivity contribution in [2.45, 2.75) is 41.2 Å². The van der Waals surface area contributed by atoms with Gasteiger partial charge in [-0.2, -0.15) is 0 Å².